The van der Waals surface area contributed by atoms with E-state index >= 15 is 0 Å². The van der Waals surface area contributed by atoms with Crippen molar-refractivity contribution in [2.45, 2.75) is 38.6 Å². The molecule has 1 aliphatic carbocycles. The Bertz CT molecular complexity index is 1040. The van der Waals surface area contributed by atoms with Crippen LogP contribution in [-0.2, 0) is 28.0 Å². The third-order valence-corrected chi connectivity index (χ3v) is 5.95. The number of carbonyl (C=O) groups is 3. The van der Waals surface area contributed by atoms with E-state index in [9.17, 15) is 14.4 Å². The van der Waals surface area contributed by atoms with Crippen LogP contribution in [0.25, 0.3) is 0 Å². The van der Waals surface area contributed by atoms with Crippen molar-refractivity contribution in [2.75, 3.05) is 11.9 Å². The number of amides is 4. The second-order valence-electron chi connectivity index (χ2n) is 7.79. The summed E-state index contributed by atoms with van der Waals surface area (Å²) in [6.45, 7) is 3.15. The Labute approximate surface area is 174 Å². The van der Waals surface area contributed by atoms with Crippen molar-refractivity contribution in [2.24, 2.45) is 0 Å². The van der Waals surface area contributed by atoms with Gasteiger partial charge in [-0.3, -0.25) is 14.5 Å². The van der Waals surface area contributed by atoms with Crippen molar-refractivity contribution >= 4 is 35.1 Å². The van der Waals surface area contributed by atoms with Gasteiger partial charge in [0, 0.05) is 10.7 Å². The van der Waals surface area contributed by atoms with Crippen LogP contribution in [0, 0.1) is 6.92 Å². The Morgan fingerprint density at radius 3 is 2.69 bits per heavy atom. The molecule has 4 amide bonds. The molecule has 1 saturated heterocycles. The zero-order valence-corrected chi connectivity index (χ0v) is 17.1. The number of fused-ring (bicyclic) bond motifs is 1. The number of hydrogen-bond acceptors (Lipinski definition) is 3. The highest BCUT2D eigenvalue weighted by Gasteiger charge is 2.49. The van der Waals surface area contributed by atoms with Gasteiger partial charge in [0.1, 0.15) is 12.1 Å². The fourth-order valence-electron chi connectivity index (χ4n) is 4.02. The summed E-state index contributed by atoms with van der Waals surface area (Å²) in [4.78, 5) is 39.0. The van der Waals surface area contributed by atoms with Gasteiger partial charge in [-0.15, -0.1) is 0 Å². The highest BCUT2D eigenvalue weighted by atomic mass is 35.5. The Hall–Kier alpha value is -2.86. The maximum Gasteiger partial charge on any atom is 0.325 e. The molecule has 2 N–H and O–H groups in total. The normalized spacial score (nSPS) is 20.6. The lowest BCUT2D eigenvalue weighted by molar-refractivity contribution is -0.133. The minimum absolute atomic E-state index is 0.354. The quantitative estimate of drug-likeness (QED) is 0.755. The number of nitrogens with one attached hydrogen (secondary N) is 2. The van der Waals surface area contributed by atoms with E-state index in [0.29, 0.717) is 10.7 Å². The zero-order valence-electron chi connectivity index (χ0n) is 16.3. The van der Waals surface area contributed by atoms with Crippen molar-refractivity contribution in [1.82, 2.24) is 10.2 Å². The van der Waals surface area contributed by atoms with Crippen LogP contribution in [-0.4, -0.2) is 29.3 Å². The van der Waals surface area contributed by atoms with Crippen molar-refractivity contribution in [3.63, 3.8) is 0 Å². The molecule has 2 aromatic carbocycles. The number of rotatable bonds is 4. The van der Waals surface area contributed by atoms with E-state index in [0.717, 1.165) is 35.3 Å². The summed E-state index contributed by atoms with van der Waals surface area (Å²) in [6.07, 6.45) is 3.13. The standard InChI is InChI=1S/C22H22ClN3O3/c1-13-10-17(23)8-9-18(13)24-19(27)12-26-20(28)22(2,25-21(26)29)16-7-6-14-4-3-5-15(14)11-16/h6-11H,3-5,12H2,1-2H3,(H,24,27)(H,25,29)/t22-/m1/s1. The largest absolute Gasteiger partial charge is 0.325 e. The summed E-state index contributed by atoms with van der Waals surface area (Å²) >= 11 is 5.94. The predicted octanol–water partition coefficient (Wildman–Crippen LogP) is 3.54. The number of nitrogens with zero attached hydrogens (tertiary/aromatic N) is 1. The summed E-state index contributed by atoms with van der Waals surface area (Å²) in [6, 6.07) is 10.4. The molecule has 4 rings (SSSR count). The Balaban J connectivity index is 1.51. The predicted molar refractivity (Wildman–Crippen MR) is 111 cm³/mol. The Morgan fingerprint density at radius 2 is 1.93 bits per heavy atom. The van der Waals surface area contributed by atoms with Crippen molar-refractivity contribution in [3.8, 4) is 0 Å². The molecule has 0 unspecified atom stereocenters. The molecule has 1 fully saturated rings. The smallest absolute Gasteiger partial charge is 0.324 e. The molecule has 0 aromatic heterocycles. The van der Waals surface area contributed by atoms with Crippen LogP contribution < -0.4 is 10.6 Å². The van der Waals surface area contributed by atoms with Crippen molar-refractivity contribution in [1.29, 1.82) is 0 Å². The molecule has 150 valence electrons. The first-order valence-electron chi connectivity index (χ1n) is 9.60. The van der Waals surface area contributed by atoms with Gasteiger partial charge < -0.3 is 10.6 Å². The average Bonchev–Trinajstić information content (AvgIpc) is 3.22. The number of urea groups is 1. The highest BCUT2D eigenvalue weighted by Crippen LogP contribution is 2.32. The van der Waals surface area contributed by atoms with E-state index < -0.39 is 23.4 Å². The Kier molecular flexibility index (Phi) is 4.82. The lowest BCUT2D eigenvalue weighted by atomic mass is 9.89. The van der Waals surface area contributed by atoms with Crippen molar-refractivity contribution < 1.29 is 14.4 Å². The van der Waals surface area contributed by atoms with E-state index in [1.54, 1.807) is 25.1 Å². The van der Waals surface area contributed by atoms with E-state index in [1.165, 1.54) is 11.1 Å². The first-order valence-corrected chi connectivity index (χ1v) is 9.98. The molecule has 2 aromatic rings. The second-order valence-corrected chi connectivity index (χ2v) is 8.23. The molecule has 7 heteroatoms. The summed E-state index contributed by atoms with van der Waals surface area (Å²) in [5, 5.41) is 6.07. The lowest BCUT2D eigenvalue weighted by Crippen LogP contribution is -2.42. The summed E-state index contributed by atoms with van der Waals surface area (Å²) < 4.78 is 0. The Morgan fingerprint density at radius 1 is 1.17 bits per heavy atom. The van der Waals surface area contributed by atoms with Gasteiger partial charge in [-0.25, -0.2) is 4.79 Å². The third-order valence-electron chi connectivity index (χ3n) is 5.72. The van der Waals surface area contributed by atoms with Crippen LogP contribution in [0.1, 0.15) is 35.6 Å². The minimum atomic E-state index is -1.18. The number of carbonyl (C=O) groups excluding carboxylic acids is 3. The number of aryl methyl sites for hydroxylation is 3. The minimum Gasteiger partial charge on any atom is -0.324 e. The number of halogens is 1. The molecule has 1 heterocycles. The van der Waals surface area contributed by atoms with Crippen molar-refractivity contribution in [3.05, 3.63) is 63.7 Å². The fourth-order valence-corrected chi connectivity index (χ4v) is 4.25. The van der Waals surface area contributed by atoms with Gasteiger partial charge in [-0.05, 0) is 73.6 Å². The maximum atomic E-state index is 13.1. The number of imide groups is 1. The second kappa shape index (κ2) is 7.19. The van der Waals surface area contributed by atoms with Crippen LogP contribution in [0.2, 0.25) is 5.02 Å². The summed E-state index contributed by atoms with van der Waals surface area (Å²) in [7, 11) is 0. The molecule has 6 nitrogen and oxygen atoms in total. The summed E-state index contributed by atoms with van der Waals surface area (Å²) in [5.74, 6) is -0.874. The first kappa shape index (κ1) is 19.5. The van der Waals surface area contributed by atoms with E-state index in [2.05, 4.69) is 10.6 Å². The van der Waals surface area contributed by atoms with Crippen LogP contribution in [0.15, 0.2) is 36.4 Å². The van der Waals surface area contributed by atoms with Gasteiger partial charge >= 0.3 is 6.03 Å². The fraction of sp³-hybridized carbons (Fsp3) is 0.318. The molecule has 2 aliphatic rings. The lowest BCUT2D eigenvalue weighted by Gasteiger charge is -2.23. The van der Waals surface area contributed by atoms with E-state index in [-0.39, 0.29) is 6.54 Å². The summed E-state index contributed by atoms with van der Waals surface area (Å²) in [5.41, 5.74) is 3.47. The molecule has 0 bridgehead atoms. The SMILES string of the molecule is Cc1cc(Cl)ccc1NC(=O)CN1C(=O)N[C@](C)(c2ccc3c(c2)CCC3)C1=O. The van der Waals surface area contributed by atoms with Crippen LogP contribution in [0.5, 0.6) is 0 Å². The molecular formula is C22H22ClN3O3. The van der Waals surface area contributed by atoms with Gasteiger partial charge in [0.2, 0.25) is 5.91 Å². The molecule has 0 radical (unpaired) electrons. The first-order chi connectivity index (χ1) is 13.8. The van der Waals surface area contributed by atoms with Gasteiger partial charge in [0.05, 0.1) is 0 Å². The molecule has 0 spiro atoms. The van der Waals surface area contributed by atoms with Gasteiger partial charge in [0.15, 0.2) is 0 Å². The number of anilines is 1. The monoisotopic (exact) mass is 411 g/mol. The third kappa shape index (κ3) is 3.49. The topological polar surface area (TPSA) is 78.5 Å². The van der Waals surface area contributed by atoms with Gasteiger partial charge in [-0.1, -0.05) is 29.8 Å². The maximum absolute atomic E-state index is 13.1. The van der Waals surface area contributed by atoms with E-state index in [4.69, 9.17) is 11.6 Å². The molecule has 1 atom stereocenters. The molecule has 29 heavy (non-hydrogen) atoms. The molecule has 1 aliphatic heterocycles. The van der Waals surface area contributed by atoms with Gasteiger partial charge in [0.25, 0.3) is 5.91 Å². The van der Waals surface area contributed by atoms with Gasteiger partial charge in [-0.2, -0.15) is 0 Å². The van der Waals surface area contributed by atoms with Crippen LogP contribution in [0.3, 0.4) is 0 Å². The molecular weight excluding hydrogens is 390 g/mol. The zero-order chi connectivity index (χ0) is 20.8. The van der Waals surface area contributed by atoms with Crippen LogP contribution in [0.4, 0.5) is 10.5 Å². The highest BCUT2D eigenvalue weighted by molar-refractivity contribution is 6.30. The number of hydrogen-bond donors (Lipinski definition) is 2. The van der Waals surface area contributed by atoms with E-state index in [1.807, 2.05) is 25.1 Å². The van der Waals surface area contributed by atoms with Crippen LogP contribution >= 0.6 is 11.6 Å². The number of benzene rings is 2. The average molecular weight is 412 g/mol. The molecule has 0 saturated carbocycles.